The van der Waals surface area contributed by atoms with Crippen LogP contribution < -0.4 is 18.9 Å². The van der Waals surface area contributed by atoms with Gasteiger partial charge in [-0.25, -0.2) is 8.42 Å². The number of hydrogen-bond donors (Lipinski definition) is 0. The summed E-state index contributed by atoms with van der Waals surface area (Å²) >= 11 is 0. The summed E-state index contributed by atoms with van der Waals surface area (Å²) in [6.07, 6.45) is 8.20. The van der Waals surface area contributed by atoms with E-state index >= 15 is 0 Å². The first-order valence-electron chi connectivity index (χ1n) is 18.9. The SMILES string of the molecule is C=CCc1cc(C(C)(C)c2ccc(Oc3ccc(S(=O)(=O)c4ccc(Oc5ccc(C(C)(C)c6ccc(OC#N)c(CC=C)c6)cc5)cc4)cc3)cc2)ccc1OC#N. The highest BCUT2D eigenvalue weighted by Gasteiger charge is 2.26. The molecular weight excluding hydrogens is 757 g/mol. The van der Waals surface area contributed by atoms with Gasteiger partial charge < -0.3 is 18.9 Å². The van der Waals surface area contributed by atoms with Gasteiger partial charge in [0.2, 0.25) is 9.84 Å². The zero-order valence-electron chi connectivity index (χ0n) is 33.4. The van der Waals surface area contributed by atoms with Gasteiger partial charge in [-0.05, 0) is 131 Å². The van der Waals surface area contributed by atoms with Gasteiger partial charge in [0.15, 0.2) is 0 Å². The first-order chi connectivity index (χ1) is 28.3. The molecule has 6 aromatic carbocycles. The second kappa shape index (κ2) is 17.6. The fraction of sp³-hybridized carbons (Fsp3) is 0.160. The summed E-state index contributed by atoms with van der Waals surface area (Å²) in [7, 11) is -3.81. The maximum absolute atomic E-state index is 13.6. The minimum Gasteiger partial charge on any atom is -0.457 e. The molecule has 0 aromatic heterocycles. The van der Waals surface area contributed by atoms with Gasteiger partial charge in [-0.2, -0.15) is 0 Å². The summed E-state index contributed by atoms with van der Waals surface area (Å²) in [5.41, 5.74) is 5.30. The molecule has 296 valence electrons. The number of sulfone groups is 1. The molecule has 0 amide bonds. The van der Waals surface area contributed by atoms with Gasteiger partial charge in [-0.15, -0.1) is 23.7 Å². The van der Waals surface area contributed by atoms with E-state index in [1.165, 1.54) is 24.3 Å². The van der Waals surface area contributed by atoms with E-state index in [2.05, 4.69) is 40.9 Å². The fourth-order valence-corrected chi connectivity index (χ4v) is 8.12. The van der Waals surface area contributed by atoms with E-state index in [1.54, 1.807) is 48.9 Å². The van der Waals surface area contributed by atoms with Crippen LogP contribution in [0.15, 0.2) is 169 Å². The first kappa shape index (κ1) is 41.6. The van der Waals surface area contributed by atoms with E-state index in [1.807, 2.05) is 84.9 Å². The van der Waals surface area contributed by atoms with Crippen molar-refractivity contribution in [3.05, 3.63) is 192 Å². The van der Waals surface area contributed by atoms with Crippen LogP contribution in [0.2, 0.25) is 0 Å². The number of allylic oxidation sites excluding steroid dienone is 2. The van der Waals surface area contributed by atoms with Crippen molar-refractivity contribution in [2.24, 2.45) is 0 Å². The van der Waals surface area contributed by atoms with E-state index < -0.39 is 9.84 Å². The number of nitriles is 2. The topological polar surface area (TPSA) is 119 Å². The van der Waals surface area contributed by atoms with Crippen LogP contribution >= 0.6 is 0 Å². The van der Waals surface area contributed by atoms with Crippen LogP contribution in [0.3, 0.4) is 0 Å². The molecule has 9 heteroatoms. The van der Waals surface area contributed by atoms with E-state index in [0.717, 1.165) is 33.4 Å². The van der Waals surface area contributed by atoms with E-state index in [-0.39, 0.29) is 20.6 Å². The van der Waals surface area contributed by atoms with Crippen molar-refractivity contribution in [1.29, 1.82) is 10.5 Å². The molecule has 0 aliphatic rings. The second-order valence-electron chi connectivity index (χ2n) is 15.0. The predicted octanol–water partition coefficient (Wildman–Crippen LogP) is 11.9. The van der Waals surface area contributed by atoms with E-state index in [4.69, 9.17) is 29.5 Å². The smallest absolute Gasteiger partial charge is 0.292 e. The maximum atomic E-state index is 13.6. The van der Waals surface area contributed by atoms with Crippen LogP contribution in [-0.4, -0.2) is 8.42 Å². The Labute approximate surface area is 346 Å². The first-order valence-corrected chi connectivity index (χ1v) is 20.4. The molecule has 0 atom stereocenters. The van der Waals surface area contributed by atoms with Gasteiger partial charge in [-0.1, -0.05) is 88.4 Å². The molecule has 0 spiro atoms. The van der Waals surface area contributed by atoms with Gasteiger partial charge in [-0.3, -0.25) is 0 Å². The van der Waals surface area contributed by atoms with Gasteiger partial charge >= 0.3 is 0 Å². The highest BCUT2D eigenvalue weighted by Crippen LogP contribution is 2.38. The fourth-order valence-electron chi connectivity index (χ4n) is 6.86. The van der Waals surface area contributed by atoms with Crippen LogP contribution in [-0.2, 0) is 33.5 Å². The normalized spacial score (nSPS) is 11.4. The van der Waals surface area contributed by atoms with Crippen LogP contribution in [0.25, 0.3) is 0 Å². The molecule has 0 aliphatic heterocycles. The third-order valence-electron chi connectivity index (χ3n) is 10.5. The molecular formula is C50H44N2O6S. The lowest BCUT2D eigenvalue weighted by atomic mass is 9.77. The lowest BCUT2D eigenvalue weighted by Crippen LogP contribution is -2.19. The Kier molecular flexibility index (Phi) is 12.4. The van der Waals surface area contributed by atoms with Gasteiger partial charge in [0.05, 0.1) is 9.79 Å². The zero-order chi connectivity index (χ0) is 42.2. The molecule has 0 unspecified atom stereocenters. The number of ether oxygens (including phenoxy) is 4. The van der Waals surface area contributed by atoms with Crippen molar-refractivity contribution in [3.8, 4) is 47.0 Å². The van der Waals surface area contributed by atoms with Crippen molar-refractivity contribution in [2.75, 3.05) is 0 Å². The molecule has 0 saturated carbocycles. The Morgan fingerprint density at radius 1 is 0.508 bits per heavy atom. The van der Waals surface area contributed by atoms with Crippen LogP contribution in [0.5, 0.6) is 34.5 Å². The Bertz CT molecular complexity index is 2470. The number of benzene rings is 6. The molecule has 0 N–H and O–H groups in total. The highest BCUT2D eigenvalue weighted by molar-refractivity contribution is 7.91. The van der Waals surface area contributed by atoms with E-state index in [0.29, 0.717) is 47.3 Å². The minimum absolute atomic E-state index is 0.139. The summed E-state index contributed by atoms with van der Waals surface area (Å²) in [6, 6.07) is 39.8. The standard InChI is InChI=1S/C50H44N2O6S/c1-7-9-35-31-39(15-29-47(35)55-33-51)49(3,4)37-11-17-41(18-12-37)57-43-21-25-45(26-22-43)59(53,54)46-27-23-44(24-28-46)58-42-19-13-38(14-20-42)50(5,6)40-16-30-48(56-34-52)36(32-40)10-8-2/h7-8,11-32H,1-2,9-10H2,3-6H3. The van der Waals surface area contributed by atoms with Crippen molar-refractivity contribution in [2.45, 2.75) is 61.2 Å². The lowest BCUT2D eigenvalue weighted by molar-refractivity contribution is 0.481. The average molecular weight is 801 g/mol. The molecule has 0 saturated heterocycles. The van der Waals surface area contributed by atoms with Gasteiger partial charge in [0, 0.05) is 10.8 Å². The molecule has 6 aromatic rings. The van der Waals surface area contributed by atoms with Gasteiger partial charge in [0.25, 0.3) is 12.5 Å². The van der Waals surface area contributed by atoms with Crippen LogP contribution in [0.1, 0.15) is 61.1 Å². The quantitative estimate of drug-likeness (QED) is 0.0701. The summed E-state index contributed by atoms with van der Waals surface area (Å²) in [5.74, 6) is 3.24. The molecule has 0 heterocycles. The van der Waals surface area contributed by atoms with Crippen molar-refractivity contribution in [1.82, 2.24) is 0 Å². The Morgan fingerprint density at radius 3 is 1.12 bits per heavy atom. The summed E-state index contributed by atoms with van der Waals surface area (Å²) in [5, 5.41) is 18.0. The second-order valence-corrected chi connectivity index (χ2v) is 16.9. The van der Waals surface area contributed by atoms with Crippen LogP contribution in [0, 0.1) is 23.0 Å². The molecule has 8 nitrogen and oxygen atoms in total. The highest BCUT2D eigenvalue weighted by atomic mass is 32.2. The van der Waals surface area contributed by atoms with Crippen molar-refractivity contribution >= 4 is 9.84 Å². The lowest BCUT2D eigenvalue weighted by Gasteiger charge is -2.27. The molecule has 0 bridgehead atoms. The average Bonchev–Trinajstić information content (AvgIpc) is 3.23. The third kappa shape index (κ3) is 9.23. The maximum Gasteiger partial charge on any atom is 0.292 e. The number of nitrogens with zero attached hydrogens (tertiary/aromatic N) is 2. The van der Waals surface area contributed by atoms with Crippen molar-refractivity contribution in [3.63, 3.8) is 0 Å². The Hall–Kier alpha value is -7.07. The summed E-state index contributed by atoms with van der Waals surface area (Å²) in [6.45, 7) is 16.1. The molecule has 0 fully saturated rings. The van der Waals surface area contributed by atoms with Gasteiger partial charge in [0.1, 0.15) is 34.5 Å². The summed E-state index contributed by atoms with van der Waals surface area (Å²) in [4.78, 5) is 0.277. The molecule has 6 rings (SSSR count). The van der Waals surface area contributed by atoms with E-state index in [9.17, 15) is 8.42 Å². The van der Waals surface area contributed by atoms with Crippen molar-refractivity contribution < 1.29 is 27.4 Å². The molecule has 0 aliphatic carbocycles. The number of hydrogen-bond acceptors (Lipinski definition) is 8. The predicted molar refractivity (Wildman–Crippen MR) is 229 cm³/mol. The Balaban J connectivity index is 1.08. The summed E-state index contributed by atoms with van der Waals surface area (Å²) < 4.78 is 49.5. The number of rotatable bonds is 16. The van der Waals surface area contributed by atoms with Crippen LogP contribution in [0.4, 0.5) is 0 Å². The molecule has 0 radical (unpaired) electrons. The monoisotopic (exact) mass is 800 g/mol. The molecule has 59 heavy (non-hydrogen) atoms. The zero-order valence-corrected chi connectivity index (χ0v) is 34.3. The third-order valence-corrected chi connectivity index (χ3v) is 12.3. The largest absolute Gasteiger partial charge is 0.457 e. The minimum atomic E-state index is -3.81. The Morgan fingerprint density at radius 2 is 0.814 bits per heavy atom.